The van der Waals surface area contributed by atoms with E-state index >= 15 is 0 Å². The largest absolute Gasteiger partial charge is 0.394 e. The van der Waals surface area contributed by atoms with E-state index in [-0.39, 0.29) is 6.61 Å². The van der Waals surface area contributed by atoms with Crippen LogP contribution in [0.4, 0.5) is 5.69 Å². The van der Waals surface area contributed by atoms with Crippen molar-refractivity contribution in [2.24, 2.45) is 0 Å². The third kappa shape index (κ3) is 2.96. The Hall–Kier alpha value is -1.41. The molecule has 1 aromatic carbocycles. The maximum atomic E-state index is 8.87. The van der Waals surface area contributed by atoms with E-state index in [0.29, 0.717) is 39.9 Å². The molecule has 0 spiro atoms. The van der Waals surface area contributed by atoms with Crippen LogP contribution in [-0.4, -0.2) is 30.2 Å². The summed E-state index contributed by atoms with van der Waals surface area (Å²) in [6.45, 7) is 1.07. The van der Waals surface area contributed by atoms with Crippen molar-refractivity contribution in [3.05, 3.63) is 34.1 Å². The summed E-state index contributed by atoms with van der Waals surface area (Å²) in [7, 11) is 0. The molecule has 0 aliphatic heterocycles. The van der Waals surface area contributed by atoms with E-state index in [1.54, 1.807) is 16.9 Å². The van der Waals surface area contributed by atoms with Gasteiger partial charge in [0.1, 0.15) is 11.0 Å². The number of nitrogens with one attached hydrogen (secondary N) is 1. The number of benzene rings is 1. The molecule has 2 aromatic heterocycles. The Kier molecular flexibility index (Phi) is 4.25. The maximum absolute atomic E-state index is 8.87. The van der Waals surface area contributed by atoms with E-state index in [0.717, 1.165) is 17.3 Å². The fraction of sp³-hybridized carbons (Fsp3) is 0.250. The second-order valence-corrected chi connectivity index (χ2v) is 5.71. The second-order valence-electron chi connectivity index (χ2n) is 4.37. The Labute approximate surface area is 134 Å². The van der Waals surface area contributed by atoms with Gasteiger partial charge in [0.25, 0.3) is 0 Å². The minimum atomic E-state index is 0.0582. The van der Waals surface area contributed by atoms with Gasteiger partial charge in [-0.2, -0.15) is 13.8 Å². The summed E-state index contributed by atoms with van der Waals surface area (Å²) < 4.78 is 10.1. The molecule has 3 rings (SSSR count). The first kappa shape index (κ1) is 14.5. The van der Waals surface area contributed by atoms with Crippen LogP contribution in [0.2, 0.25) is 10.0 Å². The fourth-order valence-corrected chi connectivity index (χ4v) is 3.13. The number of rotatable bonds is 5. The van der Waals surface area contributed by atoms with Gasteiger partial charge in [-0.3, -0.25) is 4.68 Å². The smallest absolute Gasteiger partial charge is 0.130 e. The topological polar surface area (TPSA) is 75.9 Å². The third-order valence-electron chi connectivity index (χ3n) is 2.93. The minimum absolute atomic E-state index is 0.0582. The molecular formula is C12H11Cl2N5OS. The first-order chi connectivity index (χ1) is 10.2. The second kappa shape index (κ2) is 6.15. The average molecular weight is 344 g/mol. The van der Waals surface area contributed by atoms with E-state index in [1.165, 1.54) is 0 Å². The minimum Gasteiger partial charge on any atom is -0.394 e. The number of hydrogen-bond donors (Lipinski definition) is 2. The van der Waals surface area contributed by atoms with Crippen LogP contribution in [0.1, 0.15) is 5.56 Å². The summed E-state index contributed by atoms with van der Waals surface area (Å²) in [4.78, 5) is 0. The lowest BCUT2D eigenvalue weighted by atomic mass is 10.2. The summed E-state index contributed by atoms with van der Waals surface area (Å²) in [5.41, 5.74) is 3.00. The number of aromatic nitrogens is 4. The van der Waals surface area contributed by atoms with Gasteiger partial charge < -0.3 is 10.4 Å². The number of aliphatic hydroxyl groups is 1. The Morgan fingerprint density at radius 1 is 1.24 bits per heavy atom. The fourth-order valence-electron chi connectivity index (χ4n) is 1.96. The average Bonchev–Trinajstić information content (AvgIpc) is 3.08. The Balaban J connectivity index is 1.83. The van der Waals surface area contributed by atoms with Crippen molar-refractivity contribution in [3.63, 3.8) is 0 Å². The van der Waals surface area contributed by atoms with Gasteiger partial charge in [0.05, 0.1) is 46.8 Å². The number of nitrogens with zero attached hydrogens (tertiary/aromatic N) is 4. The zero-order chi connectivity index (χ0) is 14.8. The quantitative estimate of drug-likeness (QED) is 0.744. The molecular weight excluding hydrogens is 333 g/mol. The highest BCUT2D eigenvalue weighted by molar-refractivity contribution is 7.00. The van der Waals surface area contributed by atoms with E-state index in [1.807, 2.05) is 6.20 Å². The summed E-state index contributed by atoms with van der Waals surface area (Å²) >= 11 is 13.4. The van der Waals surface area contributed by atoms with Crippen LogP contribution in [0.15, 0.2) is 18.5 Å². The number of fused-ring (bicyclic) bond motifs is 1. The molecule has 0 saturated carbocycles. The zero-order valence-corrected chi connectivity index (χ0v) is 13.1. The molecule has 0 radical (unpaired) electrons. The number of anilines is 1. The lowest BCUT2D eigenvalue weighted by Gasteiger charge is -2.08. The molecule has 0 atom stereocenters. The van der Waals surface area contributed by atoms with Gasteiger partial charge in [-0.05, 0) is 6.07 Å². The van der Waals surface area contributed by atoms with E-state index in [4.69, 9.17) is 28.3 Å². The SMILES string of the molecule is OCCn1cc(CNc2c(Cl)cc(Cl)c3nsnc23)cn1. The molecule has 21 heavy (non-hydrogen) atoms. The molecule has 0 amide bonds. The first-order valence-corrected chi connectivity index (χ1v) is 7.64. The van der Waals surface area contributed by atoms with Gasteiger partial charge in [0, 0.05) is 18.3 Å². The predicted molar refractivity (Wildman–Crippen MR) is 84.1 cm³/mol. The van der Waals surface area contributed by atoms with Crippen LogP contribution in [0.5, 0.6) is 0 Å². The van der Waals surface area contributed by atoms with E-state index < -0.39 is 0 Å². The summed E-state index contributed by atoms with van der Waals surface area (Å²) in [5.74, 6) is 0. The van der Waals surface area contributed by atoms with Crippen LogP contribution in [0.25, 0.3) is 11.0 Å². The normalized spacial score (nSPS) is 11.2. The maximum Gasteiger partial charge on any atom is 0.130 e. The molecule has 110 valence electrons. The first-order valence-electron chi connectivity index (χ1n) is 6.15. The Bertz CT molecular complexity index is 772. The highest BCUT2D eigenvalue weighted by Gasteiger charge is 2.13. The predicted octanol–water partition coefficient (Wildman–Crippen LogP) is 2.80. The van der Waals surface area contributed by atoms with Gasteiger partial charge in [-0.25, -0.2) is 0 Å². The van der Waals surface area contributed by atoms with Crippen LogP contribution in [0, 0.1) is 0 Å². The van der Waals surface area contributed by atoms with Crippen molar-refractivity contribution in [1.82, 2.24) is 18.5 Å². The summed E-state index contributed by atoms with van der Waals surface area (Å²) in [6.07, 6.45) is 3.60. The van der Waals surface area contributed by atoms with Crippen LogP contribution in [0.3, 0.4) is 0 Å². The van der Waals surface area contributed by atoms with Gasteiger partial charge in [-0.1, -0.05) is 23.2 Å². The molecule has 3 aromatic rings. The van der Waals surface area contributed by atoms with E-state index in [2.05, 4.69) is 19.2 Å². The zero-order valence-electron chi connectivity index (χ0n) is 10.8. The number of halogens is 2. The highest BCUT2D eigenvalue weighted by Crippen LogP contribution is 2.35. The van der Waals surface area contributed by atoms with Gasteiger partial charge in [-0.15, -0.1) is 0 Å². The molecule has 0 aliphatic carbocycles. The molecule has 0 bridgehead atoms. The molecule has 0 unspecified atom stereocenters. The van der Waals surface area contributed by atoms with Crippen LogP contribution < -0.4 is 5.32 Å². The molecule has 9 heteroatoms. The molecule has 0 aliphatic rings. The summed E-state index contributed by atoms with van der Waals surface area (Å²) in [6, 6.07) is 1.66. The van der Waals surface area contributed by atoms with Crippen molar-refractivity contribution in [2.45, 2.75) is 13.1 Å². The highest BCUT2D eigenvalue weighted by atomic mass is 35.5. The lowest BCUT2D eigenvalue weighted by molar-refractivity contribution is 0.269. The van der Waals surface area contributed by atoms with E-state index in [9.17, 15) is 0 Å². The van der Waals surface area contributed by atoms with Crippen molar-refractivity contribution in [3.8, 4) is 0 Å². The monoisotopic (exact) mass is 343 g/mol. The van der Waals surface area contributed by atoms with Gasteiger partial charge in [0.15, 0.2) is 0 Å². The molecule has 6 nitrogen and oxygen atoms in total. The Morgan fingerprint density at radius 3 is 2.86 bits per heavy atom. The Morgan fingerprint density at radius 2 is 2.05 bits per heavy atom. The number of aliphatic hydroxyl groups excluding tert-OH is 1. The third-order valence-corrected chi connectivity index (χ3v) is 4.04. The standard InChI is InChI=1S/C12H11Cl2N5OS/c13-8-3-9(14)11-12(18-21-17-11)10(8)15-4-7-5-16-19(6-7)1-2-20/h3,5-6,15,20H,1-2,4H2. The molecule has 0 fully saturated rings. The van der Waals surface area contributed by atoms with Crippen molar-refractivity contribution < 1.29 is 5.11 Å². The van der Waals surface area contributed by atoms with Gasteiger partial charge in [0.2, 0.25) is 0 Å². The van der Waals surface area contributed by atoms with Crippen LogP contribution >= 0.6 is 34.9 Å². The van der Waals surface area contributed by atoms with Gasteiger partial charge >= 0.3 is 0 Å². The van der Waals surface area contributed by atoms with Crippen molar-refractivity contribution >= 4 is 51.7 Å². The van der Waals surface area contributed by atoms with Crippen molar-refractivity contribution in [2.75, 3.05) is 11.9 Å². The lowest BCUT2D eigenvalue weighted by Crippen LogP contribution is -2.02. The number of hydrogen-bond acceptors (Lipinski definition) is 6. The molecule has 2 heterocycles. The summed E-state index contributed by atoms with van der Waals surface area (Å²) in [5, 5.41) is 17.2. The molecule has 0 saturated heterocycles. The van der Waals surface area contributed by atoms with Crippen LogP contribution in [-0.2, 0) is 13.1 Å². The van der Waals surface area contributed by atoms with Crippen molar-refractivity contribution in [1.29, 1.82) is 0 Å². The molecule has 2 N–H and O–H groups in total.